The van der Waals surface area contributed by atoms with E-state index in [4.69, 9.17) is 4.42 Å². The molecule has 0 aliphatic rings. The highest BCUT2D eigenvalue weighted by molar-refractivity contribution is 7.10. The van der Waals surface area contributed by atoms with Crippen LogP contribution in [0.15, 0.2) is 34.3 Å². The van der Waals surface area contributed by atoms with E-state index in [-0.39, 0.29) is 5.54 Å². The summed E-state index contributed by atoms with van der Waals surface area (Å²) in [5, 5.41) is 5.61. The number of furan rings is 1. The number of nitrogens with one attached hydrogen (secondary N) is 1. The molecular weight excluding hydrogens is 280 g/mol. The van der Waals surface area contributed by atoms with Crippen LogP contribution in [0, 0.1) is 0 Å². The van der Waals surface area contributed by atoms with Crippen LogP contribution in [0.2, 0.25) is 0 Å². The van der Waals surface area contributed by atoms with Gasteiger partial charge in [0.15, 0.2) is 0 Å². The number of hydrogen-bond donors (Lipinski definition) is 1. The second-order valence-corrected chi connectivity index (χ2v) is 7.61. The summed E-state index contributed by atoms with van der Waals surface area (Å²) in [6, 6.07) is 6.85. The minimum Gasteiger partial charge on any atom is -0.468 e. The van der Waals surface area contributed by atoms with Crippen LogP contribution >= 0.6 is 11.3 Å². The molecule has 0 amide bonds. The lowest BCUT2D eigenvalue weighted by Crippen LogP contribution is -2.34. The van der Waals surface area contributed by atoms with Crippen molar-refractivity contribution < 1.29 is 4.42 Å². The Balaban J connectivity index is 1.90. The Labute approximate surface area is 132 Å². The van der Waals surface area contributed by atoms with E-state index in [1.165, 1.54) is 10.4 Å². The second-order valence-electron chi connectivity index (χ2n) is 6.63. The lowest BCUT2D eigenvalue weighted by molar-refractivity contribution is 0.235. The zero-order valence-electron chi connectivity index (χ0n) is 13.6. The van der Waals surface area contributed by atoms with Crippen molar-refractivity contribution >= 4 is 11.3 Å². The highest BCUT2D eigenvalue weighted by atomic mass is 32.1. The number of thiophene rings is 1. The molecule has 2 rings (SSSR count). The topological polar surface area (TPSA) is 28.4 Å². The fraction of sp³-hybridized carbons (Fsp3) is 0.529. The van der Waals surface area contributed by atoms with Crippen LogP contribution in [-0.4, -0.2) is 17.5 Å². The number of rotatable bonds is 6. The summed E-state index contributed by atoms with van der Waals surface area (Å²) in [6.45, 7) is 10.4. The number of hydrogen-bond acceptors (Lipinski definition) is 4. The third-order valence-corrected chi connectivity index (χ3v) is 4.59. The molecule has 0 aliphatic heterocycles. The Morgan fingerprint density at radius 2 is 2.14 bits per heavy atom. The zero-order valence-corrected chi connectivity index (χ0v) is 14.5. The van der Waals surface area contributed by atoms with Crippen LogP contribution in [0.25, 0.3) is 0 Å². The van der Waals surface area contributed by atoms with E-state index in [0.717, 1.165) is 18.8 Å². The molecule has 2 aromatic rings. The molecule has 0 aliphatic carbocycles. The van der Waals surface area contributed by atoms with Crippen LogP contribution in [0.5, 0.6) is 0 Å². The van der Waals surface area contributed by atoms with Crippen LogP contribution in [-0.2, 0) is 13.1 Å². The third kappa shape index (κ3) is 4.99. The Morgan fingerprint density at radius 1 is 1.38 bits per heavy atom. The van der Waals surface area contributed by atoms with Gasteiger partial charge in [0.1, 0.15) is 5.76 Å². The van der Waals surface area contributed by atoms with Crippen LogP contribution in [0.4, 0.5) is 0 Å². The van der Waals surface area contributed by atoms with Crippen molar-refractivity contribution in [2.45, 2.75) is 52.4 Å². The highest BCUT2D eigenvalue weighted by Gasteiger charge is 2.15. The Bertz CT molecular complexity index is 539. The number of nitrogens with zero attached hydrogens (tertiary/aromatic N) is 1. The van der Waals surface area contributed by atoms with Crippen LogP contribution < -0.4 is 5.32 Å². The molecule has 0 spiro atoms. The van der Waals surface area contributed by atoms with Crippen molar-refractivity contribution in [1.29, 1.82) is 0 Å². The molecular formula is C17H26N2OS. The van der Waals surface area contributed by atoms with Crippen molar-refractivity contribution in [3.05, 3.63) is 46.0 Å². The largest absolute Gasteiger partial charge is 0.468 e. The first kappa shape index (κ1) is 16.3. The molecule has 3 nitrogen and oxygen atoms in total. The van der Waals surface area contributed by atoms with Crippen molar-refractivity contribution in [2.24, 2.45) is 0 Å². The summed E-state index contributed by atoms with van der Waals surface area (Å²) in [4.78, 5) is 3.70. The minimum atomic E-state index is 0.127. The maximum absolute atomic E-state index is 5.69. The SMILES string of the molecule is CC(c1cccs1)N(C)Cc1cc(CNC(C)(C)C)co1. The van der Waals surface area contributed by atoms with Crippen LogP contribution in [0.1, 0.15) is 49.9 Å². The summed E-state index contributed by atoms with van der Waals surface area (Å²) in [5.41, 5.74) is 1.33. The Hall–Kier alpha value is -1.10. The molecule has 2 heterocycles. The van der Waals surface area contributed by atoms with Gasteiger partial charge in [0.05, 0.1) is 12.8 Å². The predicted molar refractivity (Wildman–Crippen MR) is 89.5 cm³/mol. The summed E-state index contributed by atoms with van der Waals surface area (Å²) in [7, 11) is 2.14. The minimum absolute atomic E-state index is 0.127. The third-order valence-electron chi connectivity index (χ3n) is 3.55. The maximum Gasteiger partial charge on any atom is 0.118 e. The molecule has 0 aromatic carbocycles. The van der Waals surface area contributed by atoms with Gasteiger partial charge in [0.25, 0.3) is 0 Å². The molecule has 1 N–H and O–H groups in total. The van der Waals surface area contributed by atoms with Gasteiger partial charge in [-0.25, -0.2) is 0 Å². The Morgan fingerprint density at radius 3 is 2.76 bits per heavy atom. The first-order valence-electron chi connectivity index (χ1n) is 7.40. The predicted octanol–water partition coefficient (Wildman–Crippen LogP) is 4.42. The van der Waals surface area contributed by atoms with Crippen molar-refractivity contribution in [3.63, 3.8) is 0 Å². The molecule has 0 bridgehead atoms. The van der Waals surface area contributed by atoms with Gasteiger partial charge in [-0.3, -0.25) is 4.90 Å². The normalized spacial score (nSPS) is 13.8. The smallest absolute Gasteiger partial charge is 0.118 e. The first-order valence-corrected chi connectivity index (χ1v) is 8.28. The summed E-state index contributed by atoms with van der Waals surface area (Å²) in [5.74, 6) is 1.02. The van der Waals surface area contributed by atoms with E-state index in [1.807, 2.05) is 6.26 Å². The van der Waals surface area contributed by atoms with E-state index in [1.54, 1.807) is 11.3 Å². The van der Waals surface area contributed by atoms with Crippen LogP contribution in [0.3, 0.4) is 0 Å². The molecule has 0 fully saturated rings. The Kier molecular flexibility index (Phi) is 5.25. The monoisotopic (exact) mass is 306 g/mol. The lowest BCUT2D eigenvalue weighted by atomic mass is 10.1. The molecule has 21 heavy (non-hydrogen) atoms. The van der Waals surface area contributed by atoms with Gasteiger partial charge in [0, 0.05) is 28.6 Å². The van der Waals surface area contributed by atoms with Gasteiger partial charge >= 0.3 is 0 Å². The molecule has 0 saturated carbocycles. The maximum atomic E-state index is 5.69. The molecule has 2 aromatic heterocycles. The van der Waals surface area contributed by atoms with E-state index < -0.39 is 0 Å². The van der Waals surface area contributed by atoms with E-state index >= 15 is 0 Å². The fourth-order valence-electron chi connectivity index (χ4n) is 2.10. The van der Waals surface area contributed by atoms with Gasteiger partial charge in [-0.2, -0.15) is 0 Å². The molecule has 4 heteroatoms. The first-order chi connectivity index (χ1) is 9.85. The van der Waals surface area contributed by atoms with Gasteiger partial charge in [0.2, 0.25) is 0 Å². The molecule has 1 unspecified atom stereocenters. The summed E-state index contributed by atoms with van der Waals surface area (Å²) >= 11 is 1.80. The van der Waals surface area contributed by atoms with Gasteiger partial charge in [-0.15, -0.1) is 11.3 Å². The van der Waals surface area contributed by atoms with Crippen molar-refractivity contribution in [3.8, 4) is 0 Å². The average Bonchev–Trinajstić information content (AvgIpc) is 3.06. The summed E-state index contributed by atoms with van der Waals surface area (Å²) < 4.78 is 5.69. The van der Waals surface area contributed by atoms with E-state index in [0.29, 0.717) is 6.04 Å². The standard InChI is InChI=1S/C17H26N2OS/c1-13(16-7-6-8-21-16)19(5)11-15-9-14(12-20-15)10-18-17(2,3)4/h6-9,12-13,18H,10-11H2,1-5H3. The fourth-order valence-corrected chi connectivity index (χ4v) is 2.95. The lowest BCUT2D eigenvalue weighted by Gasteiger charge is -2.22. The van der Waals surface area contributed by atoms with Crippen molar-refractivity contribution in [2.75, 3.05) is 7.05 Å². The molecule has 0 saturated heterocycles. The highest BCUT2D eigenvalue weighted by Crippen LogP contribution is 2.25. The molecule has 116 valence electrons. The molecule has 0 radical (unpaired) electrons. The molecule has 1 atom stereocenters. The zero-order chi connectivity index (χ0) is 15.5. The van der Waals surface area contributed by atoms with Gasteiger partial charge < -0.3 is 9.73 Å². The quantitative estimate of drug-likeness (QED) is 0.856. The van der Waals surface area contributed by atoms with E-state index in [9.17, 15) is 0 Å². The second kappa shape index (κ2) is 6.77. The van der Waals surface area contributed by atoms with Crippen molar-refractivity contribution in [1.82, 2.24) is 10.2 Å². The summed E-state index contributed by atoms with van der Waals surface area (Å²) in [6.07, 6.45) is 1.86. The average molecular weight is 306 g/mol. The van der Waals surface area contributed by atoms with Gasteiger partial charge in [-0.05, 0) is 52.3 Å². The van der Waals surface area contributed by atoms with Gasteiger partial charge in [-0.1, -0.05) is 6.07 Å². The van der Waals surface area contributed by atoms with E-state index in [2.05, 4.69) is 68.5 Å².